The van der Waals surface area contributed by atoms with Gasteiger partial charge < -0.3 is 10.8 Å². The monoisotopic (exact) mass is 270 g/mol. The number of rotatable bonds is 2. The molecule has 1 aliphatic heterocycles. The first kappa shape index (κ1) is 13.2. The number of sulfonamides is 1. The van der Waals surface area contributed by atoms with E-state index < -0.39 is 10.0 Å². The lowest BCUT2D eigenvalue weighted by atomic mass is 10.1. The first-order valence-corrected chi connectivity index (χ1v) is 7.36. The van der Waals surface area contributed by atoms with Crippen LogP contribution in [0.4, 0.5) is 5.69 Å². The van der Waals surface area contributed by atoms with Gasteiger partial charge in [-0.15, -0.1) is 0 Å². The van der Waals surface area contributed by atoms with Gasteiger partial charge in [0.1, 0.15) is 5.75 Å². The normalized spacial score (nSPS) is 25.4. The number of phenolic OH excluding ortho intramolecular Hbond substituents is 1. The first-order chi connectivity index (χ1) is 8.32. The molecule has 0 amide bonds. The molecule has 18 heavy (non-hydrogen) atoms. The molecule has 1 saturated heterocycles. The van der Waals surface area contributed by atoms with Gasteiger partial charge >= 0.3 is 0 Å². The van der Waals surface area contributed by atoms with Crippen LogP contribution < -0.4 is 5.73 Å². The van der Waals surface area contributed by atoms with E-state index in [0.717, 1.165) is 6.42 Å². The molecule has 1 aromatic rings. The predicted molar refractivity (Wildman–Crippen MR) is 69.7 cm³/mol. The average Bonchev–Trinajstić information content (AvgIpc) is 2.62. The number of aromatic hydroxyl groups is 1. The van der Waals surface area contributed by atoms with Crippen molar-refractivity contribution in [3.63, 3.8) is 0 Å². The number of phenols is 1. The van der Waals surface area contributed by atoms with E-state index in [1.165, 1.54) is 22.5 Å². The van der Waals surface area contributed by atoms with Gasteiger partial charge in [0.2, 0.25) is 10.0 Å². The maximum absolute atomic E-state index is 12.4. The van der Waals surface area contributed by atoms with Gasteiger partial charge in [-0.2, -0.15) is 4.31 Å². The van der Waals surface area contributed by atoms with Crippen LogP contribution >= 0.6 is 0 Å². The smallest absolute Gasteiger partial charge is 0.243 e. The molecule has 2 rings (SSSR count). The summed E-state index contributed by atoms with van der Waals surface area (Å²) >= 11 is 0. The van der Waals surface area contributed by atoms with Crippen LogP contribution in [-0.2, 0) is 10.0 Å². The van der Waals surface area contributed by atoms with E-state index in [2.05, 4.69) is 0 Å². The Morgan fingerprint density at radius 3 is 2.56 bits per heavy atom. The van der Waals surface area contributed by atoms with Gasteiger partial charge in [0.05, 0.1) is 10.6 Å². The highest BCUT2D eigenvalue weighted by Gasteiger charge is 2.36. The minimum Gasteiger partial charge on any atom is -0.506 e. The van der Waals surface area contributed by atoms with Crippen molar-refractivity contribution < 1.29 is 13.5 Å². The van der Waals surface area contributed by atoms with Crippen LogP contribution in [0.1, 0.15) is 20.3 Å². The highest BCUT2D eigenvalue weighted by molar-refractivity contribution is 7.89. The van der Waals surface area contributed by atoms with E-state index >= 15 is 0 Å². The summed E-state index contributed by atoms with van der Waals surface area (Å²) in [5.41, 5.74) is 5.62. The van der Waals surface area contributed by atoms with E-state index in [1.807, 2.05) is 13.8 Å². The van der Waals surface area contributed by atoms with Gasteiger partial charge in [0.25, 0.3) is 0 Å². The second-order valence-electron chi connectivity index (χ2n) is 4.99. The molecular weight excluding hydrogens is 252 g/mol. The lowest BCUT2D eigenvalue weighted by Gasteiger charge is -2.21. The fourth-order valence-corrected chi connectivity index (χ4v) is 4.22. The molecule has 0 saturated carbocycles. The van der Waals surface area contributed by atoms with Crippen molar-refractivity contribution in [1.29, 1.82) is 0 Å². The maximum atomic E-state index is 12.4. The van der Waals surface area contributed by atoms with Crippen molar-refractivity contribution in [2.75, 3.05) is 12.3 Å². The molecule has 2 unspecified atom stereocenters. The topological polar surface area (TPSA) is 83.6 Å². The molecule has 3 N–H and O–H groups in total. The molecule has 1 aliphatic rings. The van der Waals surface area contributed by atoms with Crippen LogP contribution in [-0.4, -0.2) is 30.4 Å². The number of nitrogens with two attached hydrogens (primary N) is 1. The Balaban J connectivity index is 2.39. The molecule has 1 heterocycles. The van der Waals surface area contributed by atoms with E-state index in [0.29, 0.717) is 12.5 Å². The van der Waals surface area contributed by atoms with Crippen molar-refractivity contribution >= 4 is 15.7 Å². The van der Waals surface area contributed by atoms with Gasteiger partial charge in [-0.05, 0) is 37.5 Å². The van der Waals surface area contributed by atoms with Crippen LogP contribution in [0, 0.1) is 5.92 Å². The molecule has 0 spiro atoms. The van der Waals surface area contributed by atoms with E-state index in [4.69, 9.17) is 5.73 Å². The largest absolute Gasteiger partial charge is 0.506 e. The summed E-state index contributed by atoms with van der Waals surface area (Å²) in [5.74, 6) is 0.265. The third-order valence-electron chi connectivity index (χ3n) is 3.33. The molecule has 100 valence electrons. The third-order valence-corrected chi connectivity index (χ3v) is 5.31. The van der Waals surface area contributed by atoms with Crippen LogP contribution in [0.5, 0.6) is 5.75 Å². The van der Waals surface area contributed by atoms with E-state index in [9.17, 15) is 13.5 Å². The predicted octanol–water partition coefficient (Wildman–Crippen LogP) is 1.39. The van der Waals surface area contributed by atoms with Crippen LogP contribution in [0.15, 0.2) is 23.1 Å². The van der Waals surface area contributed by atoms with Gasteiger partial charge in [0, 0.05) is 12.6 Å². The Kier molecular flexibility index (Phi) is 3.25. The standard InChI is InChI=1S/C12H18N2O3S/c1-8-5-9(2)14(7-8)18(16,17)10-3-4-12(15)11(13)6-10/h3-4,6,8-9,15H,5,7,13H2,1-2H3. The van der Waals surface area contributed by atoms with Crippen LogP contribution in [0.3, 0.4) is 0 Å². The minimum atomic E-state index is -3.52. The van der Waals surface area contributed by atoms with Gasteiger partial charge in [0.15, 0.2) is 0 Å². The molecule has 0 aliphatic carbocycles. The molecule has 0 radical (unpaired) electrons. The second-order valence-corrected chi connectivity index (χ2v) is 6.88. The number of benzene rings is 1. The van der Waals surface area contributed by atoms with Crippen molar-refractivity contribution in [2.45, 2.75) is 31.2 Å². The molecule has 1 fully saturated rings. The fourth-order valence-electron chi connectivity index (χ4n) is 2.43. The lowest BCUT2D eigenvalue weighted by Crippen LogP contribution is -2.34. The molecule has 0 bridgehead atoms. The quantitative estimate of drug-likeness (QED) is 0.628. The van der Waals surface area contributed by atoms with Crippen LogP contribution in [0.25, 0.3) is 0 Å². The highest BCUT2D eigenvalue weighted by atomic mass is 32.2. The van der Waals surface area contributed by atoms with Crippen molar-refractivity contribution in [2.24, 2.45) is 5.92 Å². The molecule has 1 aromatic carbocycles. The van der Waals surface area contributed by atoms with Crippen molar-refractivity contribution in [3.05, 3.63) is 18.2 Å². The van der Waals surface area contributed by atoms with Crippen molar-refractivity contribution in [3.8, 4) is 5.75 Å². The summed E-state index contributed by atoms with van der Waals surface area (Å²) in [6.07, 6.45) is 0.868. The summed E-state index contributed by atoms with van der Waals surface area (Å²) in [6.45, 7) is 4.48. The molecule has 0 aromatic heterocycles. The number of nitrogens with zero attached hydrogens (tertiary/aromatic N) is 1. The number of anilines is 1. The minimum absolute atomic E-state index is 0.0000255. The van der Waals surface area contributed by atoms with Crippen molar-refractivity contribution in [1.82, 2.24) is 4.31 Å². The Bertz CT molecular complexity index is 556. The molecule has 5 nitrogen and oxygen atoms in total. The highest BCUT2D eigenvalue weighted by Crippen LogP contribution is 2.31. The lowest BCUT2D eigenvalue weighted by molar-refractivity contribution is 0.405. The Labute approximate surface area is 107 Å². The zero-order valence-corrected chi connectivity index (χ0v) is 11.3. The fraction of sp³-hybridized carbons (Fsp3) is 0.500. The summed E-state index contributed by atoms with van der Waals surface area (Å²) < 4.78 is 26.4. The first-order valence-electron chi connectivity index (χ1n) is 5.92. The number of nitrogen functional groups attached to an aromatic ring is 1. The summed E-state index contributed by atoms with van der Waals surface area (Å²) in [4.78, 5) is 0.138. The van der Waals surface area contributed by atoms with Gasteiger partial charge in [-0.1, -0.05) is 6.92 Å². The zero-order valence-electron chi connectivity index (χ0n) is 10.5. The number of hydrogen-bond donors (Lipinski definition) is 2. The van der Waals surface area contributed by atoms with Crippen LogP contribution in [0.2, 0.25) is 0 Å². The van der Waals surface area contributed by atoms with E-state index in [-0.39, 0.29) is 22.4 Å². The SMILES string of the molecule is CC1CC(C)N(S(=O)(=O)c2ccc(O)c(N)c2)C1. The summed E-state index contributed by atoms with van der Waals surface area (Å²) in [5, 5.41) is 9.34. The summed E-state index contributed by atoms with van der Waals surface area (Å²) in [7, 11) is -3.52. The Hall–Kier alpha value is -1.27. The second kappa shape index (κ2) is 4.44. The molecular formula is C12H18N2O3S. The van der Waals surface area contributed by atoms with Gasteiger partial charge in [-0.25, -0.2) is 8.42 Å². The van der Waals surface area contributed by atoms with Gasteiger partial charge in [-0.3, -0.25) is 0 Å². The van der Waals surface area contributed by atoms with E-state index in [1.54, 1.807) is 0 Å². The molecule has 2 atom stereocenters. The zero-order chi connectivity index (χ0) is 13.5. The Morgan fingerprint density at radius 2 is 2.06 bits per heavy atom. The summed E-state index contributed by atoms with van der Waals surface area (Å²) in [6, 6.07) is 4.00. The third kappa shape index (κ3) is 2.18. The maximum Gasteiger partial charge on any atom is 0.243 e. The average molecular weight is 270 g/mol. The number of hydrogen-bond acceptors (Lipinski definition) is 4. The Morgan fingerprint density at radius 1 is 1.39 bits per heavy atom. The molecule has 6 heteroatoms.